The number of Topliss-reactive ketones (excluding diaryl/α,β-unsaturated/α-hetero) is 1. The third-order valence-electron chi connectivity index (χ3n) is 6.28. The number of para-hydroxylation sites is 1. The lowest BCUT2D eigenvalue weighted by molar-refractivity contribution is -0.116. The molecule has 1 aromatic heterocycles. The Morgan fingerprint density at radius 3 is 2.61 bits per heavy atom. The van der Waals surface area contributed by atoms with Gasteiger partial charge in [0.25, 0.3) is 5.91 Å². The smallest absolute Gasteiger partial charge is 0.256 e. The largest absolute Gasteiger partial charge is 0.378 e. The van der Waals surface area contributed by atoms with E-state index in [0.29, 0.717) is 17.1 Å². The number of benzene rings is 2. The van der Waals surface area contributed by atoms with Gasteiger partial charge >= 0.3 is 0 Å². The van der Waals surface area contributed by atoms with Gasteiger partial charge in [0.2, 0.25) is 0 Å². The zero-order chi connectivity index (χ0) is 23.1. The first-order valence-corrected chi connectivity index (χ1v) is 11.9. The van der Waals surface area contributed by atoms with Crippen LogP contribution in [-0.2, 0) is 9.59 Å². The van der Waals surface area contributed by atoms with Crippen molar-refractivity contribution in [3.05, 3.63) is 76.6 Å². The van der Waals surface area contributed by atoms with E-state index in [2.05, 4.69) is 15.6 Å². The number of carbonyl (C=O) groups excluding carboxylic acids is 2. The first-order chi connectivity index (χ1) is 15.9. The maximum atomic E-state index is 13.6. The fourth-order valence-electron chi connectivity index (χ4n) is 4.67. The van der Waals surface area contributed by atoms with E-state index in [1.54, 1.807) is 0 Å². The minimum Gasteiger partial charge on any atom is -0.378 e. The fourth-order valence-corrected chi connectivity index (χ4v) is 5.53. The van der Waals surface area contributed by atoms with Gasteiger partial charge < -0.3 is 10.2 Å². The Morgan fingerprint density at radius 1 is 1.12 bits per heavy atom. The third-order valence-corrected chi connectivity index (χ3v) is 7.23. The maximum absolute atomic E-state index is 13.6. The highest BCUT2D eigenvalue weighted by Gasteiger charge is 2.38. The van der Waals surface area contributed by atoms with Crippen molar-refractivity contribution in [1.82, 2.24) is 10.3 Å². The lowest BCUT2D eigenvalue weighted by Gasteiger charge is -2.34. The van der Waals surface area contributed by atoms with Crippen LogP contribution in [-0.4, -0.2) is 30.8 Å². The predicted molar refractivity (Wildman–Crippen MR) is 133 cm³/mol. The van der Waals surface area contributed by atoms with Gasteiger partial charge in [-0.3, -0.25) is 14.9 Å². The van der Waals surface area contributed by atoms with Crippen LogP contribution in [0.25, 0.3) is 10.2 Å². The Balaban J connectivity index is 1.55. The second kappa shape index (κ2) is 8.48. The summed E-state index contributed by atoms with van der Waals surface area (Å²) in [5.41, 5.74) is 5.88. The number of nitrogens with zero attached hydrogens (tertiary/aromatic N) is 2. The number of dihydropyridines is 1. The van der Waals surface area contributed by atoms with E-state index in [1.807, 2.05) is 74.4 Å². The van der Waals surface area contributed by atoms with Gasteiger partial charge in [-0.1, -0.05) is 35.6 Å². The number of hydrogen-bond acceptors (Lipinski definition) is 6. The number of amides is 1. The number of aromatic nitrogens is 1. The number of ketones is 1. The molecule has 0 fully saturated rings. The molecule has 0 spiro atoms. The second-order valence-corrected chi connectivity index (χ2v) is 9.72. The van der Waals surface area contributed by atoms with Gasteiger partial charge in [0, 0.05) is 54.7 Å². The lowest BCUT2D eigenvalue weighted by atomic mass is 9.75. The molecule has 1 unspecified atom stereocenters. The summed E-state index contributed by atoms with van der Waals surface area (Å²) in [6.45, 7) is 1.91. The SMILES string of the molecule is CC1=C(C(=O)Nc2nc3ccccc3s2)C(c2ccc(N(C)C)cc2)C2=C(CCCC2=O)N1. The van der Waals surface area contributed by atoms with Gasteiger partial charge in [-0.25, -0.2) is 4.98 Å². The Labute approximate surface area is 197 Å². The minimum absolute atomic E-state index is 0.114. The Bertz CT molecular complexity index is 1280. The van der Waals surface area contributed by atoms with Crippen LogP contribution in [0.2, 0.25) is 0 Å². The number of carbonyl (C=O) groups is 2. The van der Waals surface area contributed by atoms with E-state index in [9.17, 15) is 9.59 Å². The van der Waals surface area contributed by atoms with Crippen molar-refractivity contribution in [2.45, 2.75) is 32.1 Å². The van der Waals surface area contributed by atoms with Crippen LogP contribution in [0.5, 0.6) is 0 Å². The molecule has 0 saturated heterocycles. The molecule has 2 heterocycles. The van der Waals surface area contributed by atoms with E-state index in [1.165, 1.54) is 11.3 Å². The minimum atomic E-state index is -0.403. The van der Waals surface area contributed by atoms with Crippen LogP contribution in [0.1, 0.15) is 37.7 Å². The monoisotopic (exact) mass is 458 g/mol. The second-order valence-electron chi connectivity index (χ2n) is 8.69. The summed E-state index contributed by atoms with van der Waals surface area (Å²) in [6.07, 6.45) is 2.16. The Kier molecular flexibility index (Phi) is 5.50. The summed E-state index contributed by atoms with van der Waals surface area (Å²) in [5, 5.41) is 6.93. The highest BCUT2D eigenvalue weighted by Crippen LogP contribution is 2.43. The van der Waals surface area contributed by atoms with Crippen molar-refractivity contribution in [3.63, 3.8) is 0 Å². The number of anilines is 2. The van der Waals surface area contributed by atoms with E-state index in [4.69, 9.17) is 0 Å². The zero-order valence-corrected chi connectivity index (χ0v) is 19.8. The number of rotatable bonds is 4. The van der Waals surface area contributed by atoms with E-state index in [0.717, 1.165) is 51.3 Å². The first-order valence-electron chi connectivity index (χ1n) is 11.1. The molecule has 1 aliphatic carbocycles. The molecular weight excluding hydrogens is 432 g/mol. The molecule has 168 valence electrons. The molecule has 1 amide bonds. The van der Waals surface area contributed by atoms with Gasteiger partial charge in [0.15, 0.2) is 10.9 Å². The maximum Gasteiger partial charge on any atom is 0.256 e. The molecule has 33 heavy (non-hydrogen) atoms. The molecule has 2 N–H and O–H groups in total. The summed E-state index contributed by atoms with van der Waals surface area (Å²) in [5.74, 6) is -0.520. The Hall–Kier alpha value is -3.45. The number of fused-ring (bicyclic) bond motifs is 1. The molecule has 5 rings (SSSR count). The van der Waals surface area contributed by atoms with Crippen LogP contribution in [0.4, 0.5) is 10.8 Å². The summed E-state index contributed by atoms with van der Waals surface area (Å²) in [7, 11) is 3.98. The molecular formula is C26H26N4O2S. The molecule has 0 bridgehead atoms. The lowest BCUT2D eigenvalue weighted by Crippen LogP contribution is -2.35. The van der Waals surface area contributed by atoms with Crippen LogP contribution in [0, 0.1) is 0 Å². The molecule has 6 nitrogen and oxygen atoms in total. The van der Waals surface area contributed by atoms with Crippen molar-refractivity contribution >= 4 is 44.1 Å². The van der Waals surface area contributed by atoms with Crippen molar-refractivity contribution in [3.8, 4) is 0 Å². The summed E-state index contributed by atoms with van der Waals surface area (Å²) < 4.78 is 1.02. The topological polar surface area (TPSA) is 74.3 Å². The quantitative estimate of drug-likeness (QED) is 0.578. The van der Waals surface area contributed by atoms with Crippen LogP contribution in [0.15, 0.2) is 71.1 Å². The Morgan fingerprint density at radius 2 is 1.88 bits per heavy atom. The van der Waals surface area contributed by atoms with E-state index < -0.39 is 5.92 Å². The summed E-state index contributed by atoms with van der Waals surface area (Å²) >= 11 is 1.45. The predicted octanol–water partition coefficient (Wildman–Crippen LogP) is 4.97. The van der Waals surface area contributed by atoms with Gasteiger partial charge in [-0.2, -0.15) is 0 Å². The van der Waals surface area contributed by atoms with E-state index >= 15 is 0 Å². The normalized spacial score (nSPS) is 18.3. The van der Waals surface area contributed by atoms with Crippen LogP contribution < -0.4 is 15.5 Å². The standard InChI is InChI=1S/C26H26N4O2S/c1-15-22(25(32)29-26-28-18-7-4-5-10-21(18)33-26)23(16-11-13-17(14-12-16)30(2)3)24-19(27-15)8-6-9-20(24)31/h4-5,7,10-14,23,27H,6,8-9H2,1-3H3,(H,28,29,32). The number of hydrogen-bond donors (Lipinski definition) is 2. The average molecular weight is 459 g/mol. The summed E-state index contributed by atoms with van der Waals surface area (Å²) in [6, 6.07) is 15.9. The highest BCUT2D eigenvalue weighted by atomic mass is 32.1. The number of allylic oxidation sites excluding steroid dienone is 3. The van der Waals surface area contributed by atoms with Crippen molar-refractivity contribution in [1.29, 1.82) is 0 Å². The van der Waals surface area contributed by atoms with Crippen LogP contribution >= 0.6 is 11.3 Å². The number of nitrogens with one attached hydrogen (secondary N) is 2. The molecule has 3 aromatic rings. The molecule has 1 atom stereocenters. The van der Waals surface area contributed by atoms with Gasteiger partial charge in [-0.05, 0) is 49.6 Å². The molecule has 2 aliphatic rings. The van der Waals surface area contributed by atoms with Crippen molar-refractivity contribution < 1.29 is 9.59 Å². The van der Waals surface area contributed by atoms with E-state index in [-0.39, 0.29) is 11.7 Å². The fraction of sp³-hybridized carbons (Fsp3) is 0.269. The van der Waals surface area contributed by atoms with Crippen molar-refractivity contribution in [2.24, 2.45) is 0 Å². The molecule has 7 heteroatoms. The van der Waals surface area contributed by atoms with Gasteiger partial charge in [0.1, 0.15) is 0 Å². The van der Waals surface area contributed by atoms with Crippen molar-refractivity contribution in [2.75, 3.05) is 24.3 Å². The average Bonchev–Trinajstić information content (AvgIpc) is 3.20. The third kappa shape index (κ3) is 3.93. The molecule has 1 aliphatic heterocycles. The summed E-state index contributed by atoms with van der Waals surface area (Å²) in [4.78, 5) is 33.3. The zero-order valence-electron chi connectivity index (χ0n) is 18.9. The molecule has 2 aromatic carbocycles. The van der Waals surface area contributed by atoms with Gasteiger partial charge in [0.05, 0.1) is 10.2 Å². The highest BCUT2D eigenvalue weighted by molar-refractivity contribution is 7.22. The first kappa shape index (κ1) is 21.4. The molecule has 0 radical (unpaired) electrons. The number of thiazole rings is 1. The molecule has 0 saturated carbocycles. The van der Waals surface area contributed by atoms with Crippen LogP contribution in [0.3, 0.4) is 0 Å². The van der Waals surface area contributed by atoms with Gasteiger partial charge in [-0.15, -0.1) is 0 Å².